The smallest absolute Gasteiger partial charge is 0.222 e. The summed E-state index contributed by atoms with van der Waals surface area (Å²) < 4.78 is 0. The Balaban J connectivity index is 1.28. The zero-order valence-corrected chi connectivity index (χ0v) is 15.3. The Labute approximate surface area is 159 Å². The van der Waals surface area contributed by atoms with Crippen LogP contribution in [0.3, 0.4) is 0 Å². The van der Waals surface area contributed by atoms with Crippen molar-refractivity contribution >= 4 is 16.8 Å². The first-order valence-electron chi connectivity index (χ1n) is 9.61. The lowest BCUT2D eigenvalue weighted by atomic mass is 10.00. The van der Waals surface area contributed by atoms with E-state index in [9.17, 15) is 9.90 Å². The van der Waals surface area contributed by atoms with Crippen molar-refractivity contribution in [3.8, 4) is 0 Å². The van der Waals surface area contributed by atoms with E-state index in [-0.39, 0.29) is 11.8 Å². The molecule has 5 heteroatoms. The highest BCUT2D eigenvalue weighted by molar-refractivity contribution is 5.83. The summed E-state index contributed by atoms with van der Waals surface area (Å²) in [6, 6.07) is 14.1. The number of hydrogen-bond donors (Lipinski definition) is 2. The molecule has 5 nitrogen and oxygen atoms in total. The molecule has 1 aliphatic heterocycles. The summed E-state index contributed by atoms with van der Waals surface area (Å²) in [6.45, 7) is 1.05. The highest BCUT2D eigenvalue weighted by Crippen LogP contribution is 2.23. The lowest BCUT2D eigenvalue weighted by molar-refractivity contribution is -0.130. The number of benzene rings is 1. The highest BCUT2D eigenvalue weighted by atomic mass is 16.3. The molecule has 0 saturated carbocycles. The van der Waals surface area contributed by atoms with Gasteiger partial charge in [0, 0.05) is 54.4 Å². The van der Waals surface area contributed by atoms with Crippen LogP contribution in [0.1, 0.15) is 24.1 Å². The lowest BCUT2D eigenvalue weighted by Crippen LogP contribution is -2.29. The molecule has 0 unspecified atom stereocenters. The molecule has 3 aromatic rings. The first-order chi connectivity index (χ1) is 13.2. The number of likely N-dealkylation sites (tertiary alicyclic amines) is 1. The number of hydrogen-bond acceptors (Lipinski definition) is 3. The van der Waals surface area contributed by atoms with E-state index in [1.807, 2.05) is 41.4 Å². The Bertz CT molecular complexity index is 906. The number of para-hydroxylation sites is 1. The van der Waals surface area contributed by atoms with E-state index in [1.165, 1.54) is 10.9 Å². The van der Waals surface area contributed by atoms with Gasteiger partial charge in [-0.05, 0) is 43.0 Å². The van der Waals surface area contributed by atoms with Crippen LogP contribution in [0.5, 0.6) is 0 Å². The Morgan fingerprint density at radius 1 is 1.19 bits per heavy atom. The average Bonchev–Trinajstić information content (AvgIpc) is 3.27. The van der Waals surface area contributed by atoms with Crippen LogP contribution in [0.4, 0.5) is 0 Å². The van der Waals surface area contributed by atoms with Crippen molar-refractivity contribution in [2.24, 2.45) is 5.92 Å². The maximum atomic E-state index is 12.6. The second-order valence-electron chi connectivity index (χ2n) is 7.36. The molecule has 0 radical (unpaired) electrons. The summed E-state index contributed by atoms with van der Waals surface area (Å²) in [5.74, 6) is 0.204. The molecule has 140 valence electrons. The Kier molecular flexibility index (Phi) is 5.21. The van der Waals surface area contributed by atoms with E-state index in [0.29, 0.717) is 25.9 Å². The third-order valence-electron chi connectivity index (χ3n) is 5.47. The monoisotopic (exact) mass is 363 g/mol. The van der Waals surface area contributed by atoms with E-state index in [4.69, 9.17) is 0 Å². The van der Waals surface area contributed by atoms with Crippen LogP contribution >= 0.6 is 0 Å². The molecule has 1 amide bonds. The van der Waals surface area contributed by atoms with Crippen LogP contribution < -0.4 is 0 Å². The molecule has 2 N–H and O–H groups in total. The van der Waals surface area contributed by atoms with Gasteiger partial charge in [-0.1, -0.05) is 24.3 Å². The van der Waals surface area contributed by atoms with Crippen molar-refractivity contribution in [2.75, 3.05) is 13.1 Å². The standard InChI is InChI=1S/C22H25N3O2/c26-21-15-25(14-17(21)12-18-7-3-4-11-23-18)22(27)10-5-6-16-13-24-20-9-2-1-8-19(16)20/h1-4,7-9,11,13,17,21,24,26H,5-6,10,12,14-15H2/t17-,21-/m1/s1. The van der Waals surface area contributed by atoms with Gasteiger partial charge in [-0.3, -0.25) is 9.78 Å². The second-order valence-corrected chi connectivity index (χ2v) is 7.36. The molecular formula is C22H25N3O2. The van der Waals surface area contributed by atoms with Crippen LogP contribution in [-0.2, 0) is 17.6 Å². The minimum atomic E-state index is -0.468. The van der Waals surface area contributed by atoms with E-state index in [1.54, 1.807) is 6.20 Å². The summed E-state index contributed by atoms with van der Waals surface area (Å²) in [4.78, 5) is 22.0. The maximum absolute atomic E-state index is 12.6. The normalized spacial score (nSPS) is 19.7. The van der Waals surface area contributed by atoms with E-state index < -0.39 is 6.10 Å². The molecule has 2 aromatic heterocycles. The molecule has 27 heavy (non-hydrogen) atoms. The summed E-state index contributed by atoms with van der Waals surface area (Å²) in [7, 11) is 0. The first-order valence-corrected chi connectivity index (χ1v) is 9.61. The van der Waals surface area contributed by atoms with Gasteiger partial charge in [0.2, 0.25) is 5.91 Å². The molecule has 0 spiro atoms. The Morgan fingerprint density at radius 3 is 2.89 bits per heavy atom. The van der Waals surface area contributed by atoms with Gasteiger partial charge in [0.15, 0.2) is 0 Å². The minimum Gasteiger partial charge on any atom is -0.391 e. The molecule has 1 saturated heterocycles. The predicted octanol–water partition coefficient (Wildman–Crippen LogP) is 2.95. The number of fused-ring (bicyclic) bond motifs is 1. The number of nitrogens with one attached hydrogen (secondary N) is 1. The number of aryl methyl sites for hydroxylation is 1. The summed E-state index contributed by atoms with van der Waals surface area (Å²) >= 11 is 0. The summed E-state index contributed by atoms with van der Waals surface area (Å²) in [5, 5.41) is 11.6. The quantitative estimate of drug-likeness (QED) is 0.707. The van der Waals surface area contributed by atoms with Crippen LogP contribution in [-0.4, -0.2) is 45.1 Å². The summed E-state index contributed by atoms with van der Waals surface area (Å²) in [6.07, 6.45) is 6.26. The van der Waals surface area contributed by atoms with Crippen LogP contribution in [0, 0.1) is 5.92 Å². The number of nitrogens with zero attached hydrogens (tertiary/aromatic N) is 2. The maximum Gasteiger partial charge on any atom is 0.222 e. The minimum absolute atomic E-state index is 0.0671. The number of pyridine rings is 1. The Morgan fingerprint density at radius 2 is 2.04 bits per heavy atom. The third kappa shape index (κ3) is 4.03. The number of carbonyl (C=O) groups excluding carboxylic acids is 1. The van der Waals surface area contributed by atoms with Crippen molar-refractivity contribution in [3.05, 3.63) is 66.1 Å². The van der Waals surface area contributed by atoms with E-state index in [0.717, 1.165) is 24.1 Å². The highest BCUT2D eigenvalue weighted by Gasteiger charge is 2.33. The van der Waals surface area contributed by atoms with Crippen LogP contribution in [0.25, 0.3) is 10.9 Å². The molecule has 1 aromatic carbocycles. The molecule has 1 aliphatic rings. The number of aliphatic hydroxyl groups excluding tert-OH is 1. The van der Waals surface area contributed by atoms with Gasteiger partial charge in [-0.2, -0.15) is 0 Å². The van der Waals surface area contributed by atoms with E-state index in [2.05, 4.69) is 22.1 Å². The van der Waals surface area contributed by atoms with Gasteiger partial charge in [-0.15, -0.1) is 0 Å². The third-order valence-corrected chi connectivity index (χ3v) is 5.47. The molecule has 0 bridgehead atoms. The fraction of sp³-hybridized carbons (Fsp3) is 0.364. The topological polar surface area (TPSA) is 69.2 Å². The number of β-amino-alcohol motifs (C(OH)–C–C–N with tert-alkyl or cyclic N) is 1. The number of aromatic nitrogens is 2. The molecular weight excluding hydrogens is 338 g/mol. The average molecular weight is 363 g/mol. The number of aromatic amines is 1. The molecule has 2 atom stereocenters. The molecule has 4 rings (SSSR count). The molecule has 0 aliphatic carbocycles. The summed E-state index contributed by atoms with van der Waals surface area (Å²) in [5.41, 5.74) is 3.36. The van der Waals surface area contributed by atoms with E-state index >= 15 is 0 Å². The largest absolute Gasteiger partial charge is 0.391 e. The number of rotatable bonds is 6. The number of carbonyl (C=O) groups is 1. The SMILES string of the molecule is O=C(CCCc1c[nH]c2ccccc12)N1C[C@@H](Cc2ccccn2)[C@H](O)C1. The second kappa shape index (κ2) is 7.92. The number of aliphatic hydroxyl groups is 1. The predicted molar refractivity (Wildman–Crippen MR) is 105 cm³/mol. The van der Waals surface area contributed by atoms with Crippen molar-refractivity contribution < 1.29 is 9.90 Å². The molecule has 3 heterocycles. The van der Waals surface area contributed by atoms with Crippen molar-refractivity contribution in [3.63, 3.8) is 0 Å². The zero-order valence-electron chi connectivity index (χ0n) is 15.3. The fourth-order valence-electron chi connectivity index (χ4n) is 3.97. The van der Waals surface area contributed by atoms with Gasteiger partial charge in [-0.25, -0.2) is 0 Å². The zero-order chi connectivity index (χ0) is 18.6. The number of amides is 1. The van der Waals surface area contributed by atoms with Gasteiger partial charge in [0.1, 0.15) is 0 Å². The van der Waals surface area contributed by atoms with Gasteiger partial charge >= 0.3 is 0 Å². The van der Waals surface area contributed by atoms with Crippen molar-refractivity contribution in [2.45, 2.75) is 31.8 Å². The Hall–Kier alpha value is -2.66. The van der Waals surface area contributed by atoms with Gasteiger partial charge in [0.05, 0.1) is 6.10 Å². The lowest BCUT2D eigenvalue weighted by Gasteiger charge is -2.16. The van der Waals surface area contributed by atoms with Crippen LogP contribution in [0.15, 0.2) is 54.9 Å². The first kappa shape index (κ1) is 17.7. The van der Waals surface area contributed by atoms with Crippen LogP contribution in [0.2, 0.25) is 0 Å². The number of H-pyrrole nitrogens is 1. The molecule has 1 fully saturated rings. The van der Waals surface area contributed by atoms with Crippen molar-refractivity contribution in [1.82, 2.24) is 14.9 Å². The van der Waals surface area contributed by atoms with Gasteiger partial charge in [0.25, 0.3) is 0 Å². The van der Waals surface area contributed by atoms with Gasteiger partial charge < -0.3 is 15.0 Å². The van der Waals surface area contributed by atoms with Crippen molar-refractivity contribution in [1.29, 1.82) is 0 Å². The fourth-order valence-corrected chi connectivity index (χ4v) is 3.97.